The molecule has 3 aromatic rings. The molecule has 0 amide bonds. The zero-order valence-electron chi connectivity index (χ0n) is 9.48. The molecule has 1 aromatic carbocycles. The lowest BCUT2D eigenvalue weighted by atomic mass is 10.1. The molecule has 90 valence electrons. The molecule has 0 aliphatic heterocycles. The molecule has 1 atom stereocenters. The molecule has 0 radical (unpaired) electrons. The van der Waals surface area contributed by atoms with Crippen LogP contribution >= 0.6 is 11.3 Å². The molecule has 0 aliphatic carbocycles. The fourth-order valence-corrected chi connectivity index (χ4v) is 2.25. The average Bonchev–Trinajstić information content (AvgIpc) is 3.10. The summed E-state index contributed by atoms with van der Waals surface area (Å²) in [6.45, 7) is 0. The van der Waals surface area contributed by atoms with Gasteiger partial charge in [-0.05, 0) is 17.7 Å². The van der Waals surface area contributed by atoms with Gasteiger partial charge < -0.3 is 9.73 Å². The first kappa shape index (κ1) is 11.0. The average molecular weight is 257 g/mol. The van der Waals surface area contributed by atoms with Crippen LogP contribution in [0.1, 0.15) is 17.4 Å². The third-order valence-electron chi connectivity index (χ3n) is 2.59. The third-order valence-corrected chi connectivity index (χ3v) is 3.21. The van der Waals surface area contributed by atoms with Crippen LogP contribution in [0.15, 0.2) is 58.7 Å². The second kappa shape index (κ2) is 5.01. The van der Waals surface area contributed by atoms with Crippen molar-refractivity contribution in [2.45, 2.75) is 6.04 Å². The third kappa shape index (κ3) is 2.26. The Morgan fingerprint density at radius 2 is 2.00 bits per heavy atom. The van der Waals surface area contributed by atoms with E-state index in [0.29, 0.717) is 0 Å². The Kier molecular flexibility index (Phi) is 3.06. The fourth-order valence-electron chi connectivity index (χ4n) is 1.78. The molecule has 2 heterocycles. The van der Waals surface area contributed by atoms with Gasteiger partial charge in [0.15, 0.2) is 0 Å². The lowest BCUT2D eigenvalue weighted by Crippen LogP contribution is -2.11. The normalized spacial score (nSPS) is 12.2. The first-order valence-corrected chi connectivity index (χ1v) is 6.42. The summed E-state index contributed by atoms with van der Waals surface area (Å²) in [5.41, 5.74) is 2.83. The monoisotopic (exact) mass is 257 g/mol. The van der Waals surface area contributed by atoms with Gasteiger partial charge in [0.2, 0.25) is 5.13 Å². The van der Waals surface area contributed by atoms with Crippen LogP contribution < -0.4 is 5.32 Å². The fraction of sp³-hybridized carbons (Fsp3) is 0.0769. The van der Waals surface area contributed by atoms with Crippen LogP contribution in [0.25, 0.3) is 0 Å². The maximum absolute atomic E-state index is 5.49. The van der Waals surface area contributed by atoms with Gasteiger partial charge in [0.1, 0.15) is 17.3 Å². The van der Waals surface area contributed by atoms with Crippen molar-refractivity contribution in [2.24, 2.45) is 0 Å². The number of hydrogen-bond donors (Lipinski definition) is 1. The van der Waals surface area contributed by atoms with Gasteiger partial charge in [-0.2, -0.15) is 0 Å². The van der Waals surface area contributed by atoms with E-state index in [1.54, 1.807) is 11.8 Å². The van der Waals surface area contributed by atoms with Crippen molar-refractivity contribution in [2.75, 3.05) is 5.32 Å². The number of aromatic nitrogens is 2. The van der Waals surface area contributed by atoms with Crippen molar-refractivity contribution < 1.29 is 4.42 Å². The molecule has 0 fully saturated rings. The molecule has 1 unspecified atom stereocenters. The molecule has 2 aromatic heterocycles. The number of anilines is 1. The summed E-state index contributed by atoms with van der Waals surface area (Å²) in [6.07, 6.45) is 1.67. The van der Waals surface area contributed by atoms with Crippen LogP contribution in [0, 0.1) is 0 Å². The molecule has 18 heavy (non-hydrogen) atoms. The van der Waals surface area contributed by atoms with Crippen molar-refractivity contribution in [3.63, 3.8) is 0 Å². The Morgan fingerprint density at radius 3 is 2.67 bits per heavy atom. The summed E-state index contributed by atoms with van der Waals surface area (Å²) in [7, 11) is 0. The maximum Gasteiger partial charge on any atom is 0.206 e. The summed E-state index contributed by atoms with van der Waals surface area (Å²) in [5.74, 6) is 0.858. The van der Waals surface area contributed by atoms with E-state index in [9.17, 15) is 0 Å². The van der Waals surface area contributed by atoms with E-state index in [1.165, 1.54) is 11.3 Å². The van der Waals surface area contributed by atoms with Crippen molar-refractivity contribution >= 4 is 16.5 Å². The van der Waals surface area contributed by atoms with E-state index in [0.717, 1.165) is 16.5 Å². The highest BCUT2D eigenvalue weighted by Crippen LogP contribution is 2.27. The van der Waals surface area contributed by atoms with Crippen LogP contribution in [-0.2, 0) is 0 Å². The van der Waals surface area contributed by atoms with Crippen LogP contribution in [0.4, 0.5) is 5.13 Å². The SMILES string of the molecule is c1ccc(C(Nc2nncs2)c2ccco2)cc1. The smallest absolute Gasteiger partial charge is 0.206 e. The summed E-state index contributed by atoms with van der Waals surface area (Å²) in [6, 6.07) is 13.9. The number of furan rings is 1. The van der Waals surface area contributed by atoms with E-state index >= 15 is 0 Å². The van der Waals surface area contributed by atoms with Crippen molar-refractivity contribution in [1.82, 2.24) is 10.2 Å². The van der Waals surface area contributed by atoms with Gasteiger partial charge in [0.05, 0.1) is 6.26 Å². The lowest BCUT2D eigenvalue weighted by molar-refractivity contribution is 0.499. The Labute approximate surface area is 108 Å². The molecule has 1 N–H and O–H groups in total. The molecule has 0 bridgehead atoms. The zero-order chi connectivity index (χ0) is 12.2. The number of nitrogens with one attached hydrogen (secondary N) is 1. The second-order valence-corrected chi connectivity index (χ2v) is 4.58. The Hall–Kier alpha value is -2.14. The predicted octanol–water partition coefficient (Wildman–Crippen LogP) is 3.33. The van der Waals surface area contributed by atoms with E-state index in [2.05, 4.69) is 27.6 Å². The quantitative estimate of drug-likeness (QED) is 0.779. The van der Waals surface area contributed by atoms with Crippen LogP contribution in [0.3, 0.4) is 0 Å². The van der Waals surface area contributed by atoms with Crippen molar-refractivity contribution in [1.29, 1.82) is 0 Å². The van der Waals surface area contributed by atoms with E-state index < -0.39 is 0 Å². The zero-order valence-corrected chi connectivity index (χ0v) is 10.3. The van der Waals surface area contributed by atoms with Crippen molar-refractivity contribution in [3.8, 4) is 0 Å². The molecule has 4 nitrogen and oxygen atoms in total. The minimum absolute atomic E-state index is 0.0471. The first-order chi connectivity index (χ1) is 8.93. The highest BCUT2D eigenvalue weighted by Gasteiger charge is 2.17. The minimum Gasteiger partial charge on any atom is -0.467 e. The van der Waals surface area contributed by atoms with E-state index in [1.807, 2.05) is 30.3 Å². The highest BCUT2D eigenvalue weighted by molar-refractivity contribution is 7.13. The largest absolute Gasteiger partial charge is 0.467 e. The van der Waals surface area contributed by atoms with Gasteiger partial charge in [-0.3, -0.25) is 0 Å². The Bertz CT molecular complexity index is 578. The van der Waals surface area contributed by atoms with Crippen molar-refractivity contribution in [3.05, 3.63) is 65.6 Å². The summed E-state index contributed by atoms with van der Waals surface area (Å²) >= 11 is 1.47. The second-order valence-electron chi connectivity index (χ2n) is 3.75. The van der Waals surface area contributed by atoms with E-state index in [-0.39, 0.29) is 6.04 Å². The Morgan fingerprint density at radius 1 is 1.11 bits per heavy atom. The summed E-state index contributed by atoms with van der Waals surface area (Å²) < 4.78 is 5.49. The van der Waals surface area contributed by atoms with Gasteiger partial charge in [0, 0.05) is 0 Å². The van der Waals surface area contributed by atoms with Crippen LogP contribution in [-0.4, -0.2) is 10.2 Å². The van der Waals surface area contributed by atoms with Crippen LogP contribution in [0.5, 0.6) is 0 Å². The molecule has 0 spiro atoms. The molecule has 3 rings (SSSR count). The molecular weight excluding hydrogens is 246 g/mol. The Balaban J connectivity index is 1.94. The molecule has 0 saturated carbocycles. The van der Waals surface area contributed by atoms with Gasteiger partial charge in [-0.15, -0.1) is 10.2 Å². The maximum atomic E-state index is 5.49. The highest BCUT2D eigenvalue weighted by atomic mass is 32.1. The summed E-state index contributed by atoms with van der Waals surface area (Å²) in [4.78, 5) is 0. The van der Waals surface area contributed by atoms with Gasteiger partial charge >= 0.3 is 0 Å². The topological polar surface area (TPSA) is 51.0 Å². The molecule has 0 aliphatic rings. The number of benzene rings is 1. The first-order valence-electron chi connectivity index (χ1n) is 5.54. The predicted molar refractivity (Wildman–Crippen MR) is 70.5 cm³/mol. The number of nitrogens with zero attached hydrogens (tertiary/aromatic N) is 2. The molecular formula is C13H11N3OS. The van der Waals surface area contributed by atoms with E-state index in [4.69, 9.17) is 4.42 Å². The van der Waals surface area contributed by atoms with Gasteiger partial charge in [-0.25, -0.2) is 0 Å². The standard InChI is InChI=1S/C13H11N3OS/c1-2-5-10(6-3-1)12(11-7-4-8-17-11)15-13-16-14-9-18-13/h1-9,12H,(H,15,16). The minimum atomic E-state index is -0.0471. The molecule has 5 heteroatoms. The van der Waals surface area contributed by atoms with Gasteiger partial charge in [0.25, 0.3) is 0 Å². The number of hydrogen-bond acceptors (Lipinski definition) is 5. The molecule has 0 saturated heterocycles. The lowest BCUT2D eigenvalue weighted by Gasteiger charge is -2.15. The number of rotatable bonds is 4. The van der Waals surface area contributed by atoms with Crippen LogP contribution in [0.2, 0.25) is 0 Å². The van der Waals surface area contributed by atoms with Gasteiger partial charge in [-0.1, -0.05) is 41.7 Å². The summed E-state index contributed by atoms with van der Waals surface area (Å²) in [5, 5.41) is 11.9.